The van der Waals surface area contributed by atoms with E-state index in [9.17, 15) is 19.5 Å². The van der Waals surface area contributed by atoms with E-state index in [0.717, 1.165) is 0 Å². The van der Waals surface area contributed by atoms with Gasteiger partial charge in [-0.2, -0.15) is 0 Å². The van der Waals surface area contributed by atoms with Crippen LogP contribution < -0.4 is 0 Å². The average molecular weight is 292 g/mol. The van der Waals surface area contributed by atoms with E-state index >= 15 is 0 Å². The number of carbonyl (C=O) groups is 3. The maximum absolute atomic E-state index is 11.8. The smallest absolute Gasteiger partial charge is 0.339 e. The lowest BCUT2D eigenvalue weighted by molar-refractivity contribution is -0.126. The van der Waals surface area contributed by atoms with Gasteiger partial charge < -0.3 is 14.9 Å². The number of Topliss-reactive ketones (excluding diaryl/α,β-unsaturated/α-hetero) is 1. The molecule has 21 heavy (non-hydrogen) atoms. The van der Waals surface area contributed by atoms with Gasteiger partial charge in [-0.05, 0) is 24.6 Å². The van der Waals surface area contributed by atoms with Crippen molar-refractivity contribution in [3.63, 3.8) is 0 Å². The number of benzene rings is 1. The van der Waals surface area contributed by atoms with Crippen molar-refractivity contribution in [1.29, 1.82) is 0 Å². The van der Waals surface area contributed by atoms with Gasteiger partial charge in [0, 0.05) is 6.42 Å². The first-order chi connectivity index (χ1) is 9.84. The van der Waals surface area contributed by atoms with Crippen LogP contribution in [0.15, 0.2) is 36.4 Å². The van der Waals surface area contributed by atoms with Crippen molar-refractivity contribution in [2.45, 2.75) is 19.4 Å². The first-order valence-corrected chi connectivity index (χ1v) is 6.20. The summed E-state index contributed by atoms with van der Waals surface area (Å²) in [5.74, 6) is -2.58. The quantitative estimate of drug-likeness (QED) is 0.582. The Bertz CT molecular complexity index is 575. The second-order valence-corrected chi connectivity index (χ2v) is 4.45. The van der Waals surface area contributed by atoms with E-state index in [1.807, 2.05) is 0 Å². The molecule has 0 spiro atoms. The van der Waals surface area contributed by atoms with E-state index in [-0.39, 0.29) is 24.2 Å². The van der Waals surface area contributed by atoms with E-state index in [1.165, 1.54) is 31.2 Å². The van der Waals surface area contributed by atoms with Crippen molar-refractivity contribution >= 4 is 17.7 Å². The largest absolute Gasteiger partial charge is 0.478 e. The molecule has 1 rings (SSSR count). The fourth-order valence-electron chi connectivity index (χ4n) is 1.58. The van der Waals surface area contributed by atoms with Gasteiger partial charge in [-0.25, -0.2) is 9.59 Å². The van der Waals surface area contributed by atoms with Crippen LogP contribution >= 0.6 is 0 Å². The summed E-state index contributed by atoms with van der Waals surface area (Å²) in [7, 11) is 0. The molecule has 0 aromatic heterocycles. The number of aliphatic hydroxyl groups excluding tert-OH is 1. The number of carbonyl (C=O) groups excluding carboxylic acids is 2. The van der Waals surface area contributed by atoms with Gasteiger partial charge in [0.05, 0.1) is 17.7 Å². The minimum atomic E-state index is -1.28. The van der Waals surface area contributed by atoms with Gasteiger partial charge in [-0.15, -0.1) is 0 Å². The molecule has 1 aromatic carbocycles. The highest BCUT2D eigenvalue weighted by Gasteiger charge is 2.19. The van der Waals surface area contributed by atoms with Crippen LogP contribution in [-0.2, 0) is 9.53 Å². The standard InChI is InChI=1S/C15H16O6/c1-9(2)13(17)12(16)7-8-21-15(20)11-6-4-3-5-10(11)14(18)19/h3-6,13,17H,1,7-8H2,2H3,(H,18,19). The number of rotatable bonds is 7. The summed E-state index contributed by atoms with van der Waals surface area (Å²) >= 11 is 0. The van der Waals surface area contributed by atoms with Gasteiger partial charge in [0.25, 0.3) is 0 Å². The zero-order valence-electron chi connectivity index (χ0n) is 11.5. The Morgan fingerprint density at radius 1 is 1.24 bits per heavy atom. The molecule has 0 bridgehead atoms. The number of aliphatic hydroxyl groups is 1. The molecule has 6 heteroatoms. The molecule has 0 saturated carbocycles. The molecule has 1 unspecified atom stereocenters. The van der Waals surface area contributed by atoms with Crippen LogP contribution in [0.2, 0.25) is 0 Å². The van der Waals surface area contributed by atoms with Gasteiger partial charge in [-0.1, -0.05) is 18.7 Å². The molecule has 0 aliphatic rings. The highest BCUT2D eigenvalue weighted by molar-refractivity contribution is 6.02. The first-order valence-electron chi connectivity index (χ1n) is 6.20. The molecule has 0 aliphatic carbocycles. The number of hydrogen-bond acceptors (Lipinski definition) is 5. The van der Waals surface area contributed by atoms with Gasteiger partial charge in [-0.3, -0.25) is 4.79 Å². The van der Waals surface area contributed by atoms with E-state index in [1.54, 1.807) is 0 Å². The van der Waals surface area contributed by atoms with Crippen LogP contribution in [0, 0.1) is 0 Å². The molecule has 0 saturated heterocycles. The number of esters is 1. The number of carboxylic acids is 1. The molecule has 0 aliphatic heterocycles. The van der Waals surface area contributed by atoms with Crippen LogP contribution in [0.3, 0.4) is 0 Å². The monoisotopic (exact) mass is 292 g/mol. The van der Waals surface area contributed by atoms with Gasteiger partial charge in [0.1, 0.15) is 6.10 Å². The van der Waals surface area contributed by atoms with Crippen LogP contribution in [0.1, 0.15) is 34.1 Å². The topological polar surface area (TPSA) is 101 Å². The highest BCUT2D eigenvalue weighted by Crippen LogP contribution is 2.11. The van der Waals surface area contributed by atoms with E-state index in [4.69, 9.17) is 9.84 Å². The van der Waals surface area contributed by atoms with Crippen molar-refractivity contribution in [1.82, 2.24) is 0 Å². The number of ether oxygens (including phenoxy) is 1. The van der Waals surface area contributed by atoms with Crippen molar-refractivity contribution in [2.24, 2.45) is 0 Å². The van der Waals surface area contributed by atoms with Crippen LogP contribution in [-0.4, -0.2) is 40.6 Å². The maximum Gasteiger partial charge on any atom is 0.339 e. The molecule has 0 amide bonds. The summed E-state index contributed by atoms with van der Waals surface area (Å²) in [6.07, 6.45) is -1.45. The molecule has 0 fully saturated rings. The molecule has 2 N–H and O–H groups in total. The fraction of sp³-hybridized carbons (Fsp3) is 0.267. The minimum Gasteiger partial charge on any atom is -0.478 e. The molecule has 6 nitrogen and oxygen atoms in total. The Morgan fingerprint density at radius 2 is 1.81 bits per heavy atom. The third-order valence-corrected chi connectivity index (χ3v) is 2.73. The highest BCUT2D eigenvalue weighted by atomic mass is 16.5. The van der Waals surface area contributed by atoms with Crippen LogP contribution in [0.25, 0.3) is 0 Å². The third kappa shape index (κ3) is 4.54. The lowest BCUT2D eigenvalue weighted by Gasteiger charge is -2.10. The molecule has 1 atom stereocenters. The lowest BCUT2D eigenvalue weighted by Crippen LogP contribution is -2.23. The second kappa shape index (κ2) is 7.35. The van der Waals surface area contributed by atoms with Gasteiger partial charge in [0.15, 0.2) is 5.78 Å². The van der Waals surface area contributed by atoms with Crippen LogP contribution in [0.4, 0.5) is 0 Å². The summed E-state index contributed by atoms with van der Waals surface area (Å²) in [5.41, 5.74) is 0.0521. The Labute approximate surface area is 121 Å². The molecular formula is C15H16O6. The first kappa shape index (κ1) is 16.6. The van der Waals surface area contributed by atoms with Crippen molar-refractivity contribution in [2.75, 3.05) is 6.61 Å². The van der Waals surface area contributed by atoms with E-state index < -0.39 is 23.8 Å². The predicted molar refractivity (Wildman–Crippen MR) is 74.1 cm³/mol. The Morgan fingerprint density at radius 3 is 2.33 bits per heavy atom. The molecule has 0 heterocycles. The summed E-state index contributed by atoms with van der Waals surface area (Å²) in [4.78, 5) is 34.2. The van der Waals surface area contributed by atoms with Crippen molar-refractivity contribution < 1.29 is 29.3 Å². The van der Waals surface area contributed by atoms with Crippen molar-refractivity contribution in [3.05, 3.63) is 47.5 Å². The summed E-state index contributed by atoms with van der Waals surface area (Å²) < 4.78 is 4.86. The lowest BCUT2D eigenvalue weighted by atomic mass is 10.1. The number of ketones is 1. The second-order valence-electron chi connectivity index (χ2n) is 4.45. The normalized spacial score (nSPS) is 11.5. The van der Waals surface area contributed by atoms with E-state index in [0.29, 0.717) is 5.57 Å². The molecular weight excluding hydrogens is 276 g/mol. The zero-order chi connectivity index (χ0) is 16.0. The summed E-state index contributed by atoms with van der Waals surface area (Å²) in [5, 5.41) is 18.4. The minimum absolute atomic E-state index is 0.0853. The molecule has 1 aromatic rings. The number of aromatic carboxylic acids is 1. The zero-order valence-corrected chi connectivity index (χ0v) is 11.5. The molecule has 112 valence electrons. The number of hydrogen-bond donors (Lipinski definition) is 2. The van der Waals surface area contributed by atoms with Gasteiger partial charge >= 0.3 is 11.9 Å². The van der Waals surface area contributed by atoms with Gasteiger partial charge in [0.2, 0.25) is 0 Å². The Kier molecular flexibility index (Phi) is 5.80. The third-order valence-electron chi connectivity index (χ3n) is 2.73. The Hall–Kier alpha value is -2.47. The van der Waals surface area contributed by atoms with E-state index in [2.05, 4.69) is 6.58 Å². The van der Waals surface area contributed by atoms with Crippen LogP contribution in [0.5, 0.6) is 0 Å². The maximum atomic E-state index is 11.8. The fourth-order valence-corrected chi connectivity index (χ4v) is 1.58. The Balaban J connectivity index is 2.61. The number of carboxylic acid groups (broad SMARTS) is 1. The molecule has 0 radical (unpaired) electrons. The average Bonchev–Trinajstić information content (AvgIpc) is 2.45. The SMILES string of the molecule is C=C(C)C(O)C(=O)CCOC(=O)c1ccccc1C(=O)O. The van der Waals surface area contributed by atoms with Crippen molar-refractivity contribution in [3.8, 4) is 0 Å². The summed E-state index contributed by atoms with van der Waals surface area (Å²) in [6.45, 7) is 4.73. The predicted octanol–water partition coefficient (Wildman–Crippen LogP) is 1.44. The summed E-state index contributed by atoms with van der Waals surface area (Å²) in [6, 6.07) is 5.62.